The lowest BCUT2D eigenvalue weighted by atomic mass is 10.2. The first-order chi connectivity index (χ1) is 22.3. The summed E-state index contributed by atoms with van der Waals surface area (Å²) in [5.74, 6) is 1.35. The van der Waals surface area contributed by atoms with Crippen LogP contribution in [0.15, 0.2) is 66.0 Å². The molecule has 1 unspecified atom stereocenters. The third-order valence-corrected chi connectivity index (χ3v) is 12.2. The SMILES string of the molecule is Nc1nc(S)c2ncn([C@H]3C[C@H](O)[C@@H](COCP(=O)(NCc4ccc(Cl)cc4)O[C@H]4CSSC[C@@H]4OCc4ccccc4)O3)c2n1. The summed E-state index contributed by atoms with van der Waals surface area (Å²) in [6.45, 7) is 0.685. The Labute approximate surface area is 284 Å². The highest BCUT2D eigenvalue weighted by Crippen LogP contribution is 2.48. The van der Waals surface area contributed by atoms with Crippen molar-refractivity contribution >= 4 is 70.4 Å². The molecule has 4 aromatic rings. The quantitative estimate of drug-likeness (QED) is 0.0609. The lowest BCUT2D eigenvalue weighted by Crippen LogP contribution is -2.38. The van der Waals surface area contributed by atoms with Crippen molar-refractivity contribution in [1.82, 2.24) is 24.6 Å². The standard InChI is InChI=1S/C29H34ClN6O6PS3/c30-20-8-6-18(7-9-20)11-33-43(38,42-24-15-46-45-14-23(24)40-12-19-4-2-1-3-5-19)17-39-13-22-21(37)10-25(41-22)36-16-32-26-27(36)34-29(31)35-28(26)44/h1-9,16,21-25,37H,10-15,17H2,(H,33,38)(H3,31,34,35,44)/t21-,22+,23-,24-,25+,43?/m0/s1. The lowest BCUT2D eigenvalue weighted by Gasteiger charge is -2.33. The van der Waals surface area contributed by atoms with Gasteiger partial charge in [-0.15, -0.1) is 12.6 Å². The Balaban J connectivity index is 1.11. The molecule has 0 aliphatic carbocycles. The van der Waals surface area contributed by atoms with Crippen molar-refractivity contribution < 1.29 is 28.4 Å². The predicted molar refractivity (Wildman–Crippen MR) is 183 cm³/mol. The topological polar surface area (TPSA) is 156 Å². The Morgan fingerprint density at radius 3 is 2.65 bits per heavy atom. The molecule has 2 aliphatic heterocycles. The number of nitrogens with one attached hydrogen (secondary N) is 1. The minimum Gasteiger partial charge on any atom is -0.390 e. The Morgan fingerprint density at radius 1 is 1.11 bits per heavy atom. The van der Waals surface area contributed by atoms with E-state index in [1.165, 1.54) is 0 Å². The minimum absolute atomic E-state index is 0.0155. The van der Waals surface area contributed by atoms with Crippen LogP contribution in [0.4, 0.5) is 5.95 Å². The highest BCUT2D eigenvalue weighted by molar-refractivity contribution is 8.76. The number of nitrogens with zero attached hydrogens (tertiary/aromatic N) is 4. The van der Waals surface area contributed by atoms with Crippen LogP contribution in [0.5, 0.6) is 0 Å². The van der Waals surface area contributed by atoms with Crippen LogP contribution >= 0.6 is 53.3 Å². The van der Waals surface area contributed by atoms with Gasteiger partial charge >= 0.3 is 0 Å². The van der Waals surface area contributed by atoms with Crippen molar-refractivity contribution in [2.24, 2.45) is 0 Å². The van der Waals surface area contributed by atoms with Crippen LogP contribution in [0, 0.1) is 0 Å². The van der Waals surface area contributed by atoms with Gasteiger partial charge in [-0.25, -0.2) is 15.1 Å². The molecule has 2 fully saturated rings. The predicted octanol–water partition coefficient (Wildman–Crippen LogP) is 5.32. The van der Waals surface area contributed by atoms with E-state index in [1.54, 1.807) is 44.6 Å². The summed E-state index contributed by atoms with van der Waals surface area (Å²) in [7, 11) is -0.222. The molecule has 6 rings (SSSR count). The van der Waals surface area contributed by atoms with E-state index in [2.05, 4.69) is 32.7 Å². The van der Waals surface area contributed by atoms with Gasteiger partial charge in [0.1, 0.15) is 35.3 Å². The molecule has 46 heavy (non-hydrogen) atoms. The summed E-state index contributed by atoms with van der Waals surface area (Å²) in [5.41, 5.74) is 8.68. The van der Waals surface area contributed by atoms with Crippen LogP contribution in [-0.4, -0.2) is 73.5 Å². The van der Waals surface area contributed by atoms with E-state index in [0.29, 0.717) is 39.3 Å². The minimum atomic E-state index is -3.58. The summed E-state index contributed by atoms with van der Waals surface area (Å²) in [6.07, 6.45) is -1.21. The first-order valence-electron chi connectivity index (χ1n) is 14.5. The summed E-state index contributed by atoms with van der Waals surface area (Å²) in [5, 5.41) is 14.9. The number of imidazole rings is 1. The number of nitrogens with two attached hydrogens (primary N) is 1. The van der Waals surface area contributed by atoms with Crippen LogP contribution in [0.3, 0.4) is 0 Å². The number of aliphatic hydroxyl groups is 1. The van der Waals surface area contributed by atoms with Crippen molar-refractivity contribution in [1.29, 1.82) is 0 Å². The second-order valence-corrected chi connectivity index (χ2v) is 16.4. The van der Waals surface area contributed by atoms with Gasteiger partial charge in [0.25, 0.3) is 7.52 Å². The zero-order valence-electron chi connectivity index (χ0n) is 24.6. The molecule has 6 atom stereocenters. The number of aromatic nitrogens is 4. The molecular weight excluding hydrogens is 691 g/mol. The van der Waals surface area contributed by atoms with Crippen LogP contribution in [-0.2, 0) is 36.5 Å². The number of aliphatic hydroxyl groups excluding tert-OH is 1. The number of hydrogen-bond donors (Lipinski definition) is 4. The highest BCUT2D eigenvalue weighted by atomic mass is 35.5. The van der Waals surface area contributed by atoms with Gasteiger partial charge in [-0.1, -0.05) is 75.7 Å². The Kier molecular flexibility index (Phi) is 11.5. The normalized spacial score (nSPS) is 24.7. The smallest absolute Gasteiger partial charge is 0.295 e. The molecule has 2 aromatic carbocycles. The first-order valence-corrected chi connectivity index (χ1v) is 19.7. The summed E-state index contributed by atoms with van der Waals surface area (Å²) >= 11 is 10.4. The van der Waals surface area contributed by atoms with Gasteiger partial charge in [-0.05, 0) is 23.3 Å². The van der Waals surface area contributed by atoms with E-state index in [-0.39, 0.29) is 38.0 Å². The molecule has 4 N–H and O–H groups in total. The number of nitrogen functional groups attached to an aromatic ring is 1. The highest BCUT2D eigenvalue weighted by Gasteiger charge is 2.38. The summed E-state index contributed by atoms with van der Waals surface area (Å²) < 4.78 is 40.7. The average molecular weight is 725 g/mol. The number of fused-ring (bicyclic) bond motifs is 1. The molecule has 0 saturated carbocycles. The molecule has 246 valence electrons. The van der Waals surface area contributed by atoms with Gasteiger partial charge in [0.2, 0.25) is 5.95 Å². The zero-order valence-corrected chi connectivity index (χ0v) is 28.7. The number of ether oxygens (including phenoxy) is 3. The number of benzene rings is 2. The van der Waals surface area contributed by atoms with E-state index in [0.717, 1.165) is 11.1 Å². The van der Waals surface area contributed by atoms with Crippen molar-refractivity contribution in [3.05, 3.63) is 77.1 Å². The van der Waals surface area contributed by atoms with Crippen LogP contribution in [0.25, 0.3) is 11.2 Å². The van der Waals surface area contributed by atoms with Gasteiger partial charge in [0.15, 0.2) is 5.65 Å². The molecule has 12 nitrogen and oxygen atoms in total. The van der Waals surface area contributed by atoms with E-state index in [9.17, 15) is 9.67 Å². The molecule has 0 bridgehead atoms. The molecule has 0 amide bonds. The van der Waals surface area contributed by atoms with E-state index in [1.807, 2.05) is 42.5 Å². The molecular formula is C29H34ClN6O6PS3. The summed E-state index contributed by atoms with van der Waals surface area (Å²) in [6, 6.07) is 17.2. The third-order valence-electron chi connectivity index (χ3n) is 7.49. The lowest BCUT2D eigenvalue weighted by molar-refractivity contribution is -0.0573. The third kappa shape index (κ3) is 8.58. The molecule has 0 spiro atoms. The summed E-state index contributed by atoms with van der Waals surface area (Å²) in [4.78, 5) is 12.6. The Bertz CT molecular complexity index is 1660. The maximum atomic E-state index is 14.4. The zero-order chi connectivity index (χ0) is 32.1. The largest absolute Gasteiger partial charge is 0.390 e. The van der Waals surface area contributed by atoms with Crippen LogP contribution < -0.4 is 10.8 Å². The molecule has 17 heteroatoms. The van der Waals surface area contributed by atoms with Crippen molar-refractivity contribution in [3.63, 3.8) is 0 Å². The monoisotopic (exact) mass is 724 g/mol. The molecule has 0 radical (unpaired) electrons. The van der Waals surface area contributed by atoms with Crippen molar-refractivity contribution in [2.45, 2.75) is 55.2 Å². The fraction of sp³-hybridized carbons (Fsp3) is 0.414. The number of rotatable bonds is 13. The first kappa shape index (κ1) is 34.0. The van der Waals surface area contributed by atoms with Gasteiger partial charge in [-0.2, -0.15) is 4.98 Å². The molecule has 2 aliphatic rings. The number of halogens is 1. The second-order valence-electron chi connectivity index (χ2n) is 10.8. The second kappa shape index (κ2) is 15.6. The van der Waals surface area contributed by atoms with Crippen LogP contribution in [0.2, 0.25) is 5.02 Å². The maximum absolute atomic E-state index is 14.4. The fourth-order valence-electron chi connectivity index (χ4n) is 5.08. The molecule has 2 aromatic heterocycles. The Hall–Kier alpha value is -1.88. The van der Waals surface area contributed by atoms with Crippen molar-refractivity contribution in [3.8, 4) is 0 Å². The Morgan fingerprint density at radius 2 is 1.87 bits per heavy atom. The van der Waals surface area contributed by atoms with Gasteiger partial charge in [-0.3, -0.25) is 9.13 Å². The van der Waals surface area contributed by atoms with E-state index < -0.39 is 32.1 Å². The van der Waals surface area contributed by atoms with Gasteiger partial charge < -0.3 is 29.6 Å². The number of anilines is 1. The number of thiol groups is 1. The molecule has 2 saturated heterocycles. The van der Waals surface area contributed by atoms with Gasteiger partial charge in [0, 0.05) is 29.5 Å². The fourth-order valence-corrected chi connectivity index (χ4v) is 9.64. The van der Waals surface area contributed by atoms with E-state index in [4.69, 9.17) is 36.1 Å². The average Bonchev–Trinajstić information content (AvgIpc) is 3.64. The van der Waals surface area contributed by atoms with Crippen LogP contribution in [0.1, 0.15) is 23.8 Å². The van der Waals surface area contributed by atoms with Crippen molar-refractivity contribution in [2.75, 3.05) is 30.2 Å². The maximum Gasteiger partial charge on any atom is 0.295 e. The molecule has 4 heterocycles. The van der Waals surface area contributed by atoms with E-state index >= 15 is 0 Å². The van der Waals surface area contributed by atoms with Gasteiger partial charge in [0.05, 0.1) is 31.7 Å². The number of hydrogen-bond acceptors (Lipinski definition) is 13.